The van der Waals surface area contributed by atoms with Gasteiger partial charge in [0, 0.05) is 141 Å². The second kappa shape index (κ2) is 50.5. The summed E-state index contributed by atoms with van der Waals surface area (Å²) in [5.74, 6) is -4.63. The summed E-state index contributed by atoms with van der Waals surface area (Å²) in [5.41, 5.74) is 18.5. The summed E-state index contributed by atoms with van der Waals surface area (Å²) in [6.45, 7) is 24.8. The lowest BCUT2D eigenvalue weighted by atomic mass is 10.0. The van der Waals surface area contributed by atoms with Crippen LogP contribution in [0.2, 0.25) is 0 Å². The Labute approximate surface area is 856 Å². The van der Waals surface area contributed by atoms with Crippen LogP contribution in [0.1, 0.15) is 115 Å². The van der Waals surface area contributed by atoms with Gasteiger partial charge in [0.2, 0.25) is 11.8 Å². The molecule has 12 heterocycles. The number of likely N-dealkylation sites (N-methyl/N-ethyl adjacent to an activating group) is 1. The number of benzene rings is 3. The van der Waals surface area contributed by atoms with Crippen molar-refractivity contribution in [2.75, 3.05) is 81.1 Å². The van der Waals surface area contributed by atoms with Gasteiger partial charge in [-0.15, -0.1) is 69.7 Å². The van der Waals surface area contributed by atoms with Crippen LogP contribution in [-0.2, 0) is 105 Å². The second-order valence-electron chi connectivity index (χ2n) is 34.9. The van der Waals surface area contributed by atoms with E-state index < -0.39 is 93.8 Å². The summed E-state index contributed by atoms with van der Waals surface area (Å²) in [6.07, 6.45) is 6.75. The molecule has 3 unspecified atom stereocenters. The smallest absolute Gasteiger partial charge is 0.353 e. The third-order valence-corrected chi connectivity index (χ3v) is 32.9. The monoisotopic (exact) mass is 2090 g/mol. The number of aromatic nitrogens is 4. The molecule has 15 rings (SSSR count). The molecule has 142 heavy (non-hydrogen) atoms. The van der Waals surface area contributed by atoms with Crippen LogP contribution < -0.4 is 52.5 Å². The largest absolute Gasteiger partial charge is 0.477 e. The topological polar surface area (TPSA) is 506 Å². The number of thioether (sulfide) groups is 6. The second-order valence-corrected chi connectivity index (χ2v) is 43.3. The molecule has 7 aromatic rings. The summed E-state index contributed by atoms with van der Waals surface area (Å²) >= 11 is 11.3. The van der Waals surface area contributed by atoms with Crippen LogP contribution in [0.4, 0.5) is 10.3 Å². The molecule has 0 radical (unpaired) electrons. The minimum Gasteiger partial charge on any atom is -0.477 e. The highest BCUT2D eigenvalue weighted by molar-refractivity contribution is 8.06. The van der Waals surface area contributed by atoms with Crippen molar-refractivity contribution in [1.29, 1.82) is 0 Å². The molecule has 0 bridgehead atoms. The van der Waals surface area contributed by atoms with Crippen LogP contribution in [0, 0.1) is 0 Å². The first-order chi connectivity index (χ1) is 67.9. The number of rotatable bonds is 40. The van der Waals surface area contributed by atoms with Crippen LogP contribution >= 0.6 is 93.2 Å². The molecule has 14 N–H and O–H groups in total. The van der Waals surface area contributed by atoms with Crippen LogP contribution in [0.3, 0.4) is 0 Å². The maximum atomic E-state index is 13.2. The van der Waals surface area contributed by atoms with Gasteiger partial charge >= 0.3 is 23.9 Å². The third-order valence-electron chi connectivity index (χ3n) is 23.7. The van der Waals surface area contributed by atoms with E-state index in [1.807, 2.05) is 163 Å². The number of carboxylic acids is 4. The van der Waals surface area contributed by atoms with Gasteiger partial charge in [0.1, 0.15) is 100 Å². The number of carbonyl (C=O) groups is 12. The molecule has 3 aromatic carbocycles. The molecular formula is C96H118N20O18S8+2. The first kappa shape index (κ1) is 109. The van der Waals surface area contributed by atoms with E-state index in [1.54, 1.807) is 17.7 Å². The normalized spacial score (nSPS) is 19.9. The molecule has 4 aromatic heterocycles. The minimum absolute atomic E-state index is 0.0240. The average Bonchev–Trinajstić information content (AvgIpc) is 0.873. The van der Waals surface area contributed by atoms with Gasteiger partial charge in [0.15, 0.2) is 59.1 Å². The molecule has 0 aliphatic carbocycles. The number of anilines is 2. The SMILES string of the molecule is CC(C)NCCSCc1ccccc1SC1=C(C(=O)O)N2C(=O)C(NC(=O)Cc3ccccc3)C2SC1.CC1=C(C(=O)O)N2C(=O)[C@@H](NC(=O)C(NC(C)C)c3ccccc3)[C@H]2SC1.CCN(Cc1cc[n+](CC2=C(C(=O)O)N3C(=O)[C@@H](NC(=O)/C(=N\OC)c4csc(N)n4)[C@H]3SC2)cc1)C(C)C.CO/N=C(\C(=O)N[C@@H]1C(=O)N2C(C(=O)O)=C(C[n+]3ccccc3CCN(C)C(C)C)CS[C@H]12)c1csc(N)n1. The van der Waals surface area contributed by atoms with Crippen molar-refractivity contribution >= 4 is 186 Å². The van der Waals surface area contributed by atoms with E-state index in [-0.39, 0.29) is 97.3 Å². The number of aliphatic carboxylic acids is 4. The number of nitrogens with one attached hydrogen (secondary N) is 6. The molecular weight excluding hydrogens is 1980 g/mol. The lowest BCUT2D eigenvalue weighted by Gasteiger charge is -2.49. The van der Waals surface area contributed by atoms with Gasteiger partial charge in [0.25, 0.3) is 35.4 Å². The Morgan fingerprint density at radius 2 is 1.05 bits per heavy atom. The zero-order chi connectivity index (χ0) is 103. The number of pyridine rings is 2. The first-order valence-corrected chi connectivity index (χ1v) is 53.6. The Hall–Kier alpha value is -11.7. The van der Waals surface area contributed by atoms with E-state index in [2.05, 4.69) is 124 Å². The van der Waals surface area contributed by atoms with Crippen molar-refractivity contribution in [2.24, 2.45) is 10.3 Å². The standard InChI is InChI=1S/C27H31N3O4S3.2C25H31N7O5S2.C19H23N3O4S/c1-17(2)28-12-13-35-15-19-10-6-7-11-20(19)37-21-16-36-26-23(25(32)30(26)24(21)27(33)34)29-22(31)14-18-8-4-3-5-9-18;1-14(2)30(3)10-8-16-7-5-6-9-31(16)11-15-12-38-23-19(22(34)32(23)20(15)24(35)36)28-21(33)18(29-37-4)17-13-39-25(26)27-17;1-5-31(14(2)3)10-15-6-8-30(9-7-15)11-16-12-38-23-19(22(34)32(23)20(16)24(35)36)28-21(33)18(29-37-4)17-13-39-25(26)27-17;1-10(2)20-13(12-7-5-4-6-8-12)16(23)21-14-17(24)22-15(19(25)26)11(3)9-27-18(14)22/h3-11,17,23,26,28H,12-16H2,1-2H3,(H,29,31)(H,33,34);5-7,9,13-14,19,23H,8,10-12H2,1-4H3,(H3-,26,27,28,33,35,36);6-9,13-14,19,23H,5,10-12H2,1-4H3,(H3-,26,27,28,33,35,36);4-8,10,13-14,18,20H,9H2,1-3H3,(H,21,23)(H,25,26)/p+2/b;2*29-18-;/t;2*19-,23-;13?,14-,18-/m.111/s1. The van der Waals surface area contributed by atoms with E-state index in [1.165, 1.54) is 98.2 Å². The predicted molar refractivity (Wildman–Crippen MR) is 550 cm³/mol. The van der Waals surface area contributed by atoms with Crippen molar-refractivity contribution < 1.29 is 96.8 Å². The average molecular weight is 2100 g/mol. The number of nitrogen functional groups attached to an aromatic ring is 2. The molecule has 0 spiro atoms. The van der Waals surface area contributed by atoms with Crippen molar-refractivity contribution in [2.45, 2.75) is 188 Å². The summed E-state index contributed by atoms with van der Waals surface area (Å²) in [5, 5.41) is 66.3. The maximum Gasteiger partial charge on any atom is 0.353 e. The number of carboxylic acid groups (broad SMARTS) is 4. The zero-order valence-electron chi connectivity index (χ0n) is 80.6. The number of β-lactam (4-membered cyclic amide) rings is 4. The highest BCUT2D eigenvalue weighted by Crippen LogP contribution is 2.48. The predicted octanol–water partition coefficient (Wildman–Crippen LogP) is 7.15. The van der Waals surface area contributed by atoms with E-state index in [4.69, 9.17) is 21.1 Å². The van der Waals surface area contributed by atoms with Gasteiger partial charge < -0.3 is 73.1 Å². The van der Waals surface area contributed by atoms with Crippen molar-refractivity contribution in [3.63, 3.8) is 0 Å². The maximum absolute atomic E-state index is 13.2. The molecule has 0 saturated carbocycles. The van der Waals surface area contributed by atoms with Gasteiger partial charge in [-0.2, -0.15) is 16.3 Å². The van der Waals surface area contributed by atoms with Crippen LogP contribution in [0.15, 0.2) is 204 Å². The lowest BCUT2D eigenvalue weighted by molar-refractivity contribution is -0.696. The van der Waals surface area contributed by atoms with Crippen LogP contribution in [0.5, 0.6) is 0 Å². The molecule has 38 nitrogen and oxygen atoms in total. The first-order valence-electron chi connectivity index (χ1n) is 45.7. The summed E-state index contributed by atoms with van der Waals surface area (Å²) in [7, 11) is 4.65. The zero-order valence-corrected chi connectivity index (χ0v) is 87.1. The Kier molecular flexibility index (Phi) is 38.8. The summed E-state index contributed by atoms with van der Waals surface area (Å²) in [6, 6.07) is 34.1. The number of oxime groups is 2. The minimum atomic E-state index is -1.18. The quantitative estimate of drug-likeness (QED) is 0.00596. The number of hydrogen-bond acceptors (Lipinski definition) is 32. The van der Waals surface area contributed by atoms with E-state index in [0.717, 1.165) is 94.1 Å². The molecule has 8 aliphatic rings. The molecule has 4 saturated heterocycles. The lowest BCUT2D eigenvalue weighted by Crippen LogP contribution is -2.71. The summed E-state index contributed by atoms with van der Waals surface area (Å²) in [4.78, 5) is 181. The van der Waals surface area contributed by atoms with Gasteiger partial charge in [-0.1, -0.05) is 128 Å². The van der Waals surface area contributed by atoms with E-state index in [9.17, 15) is 78.0 Å². The third kappa shape index (κ3) is 26.7. The van der Waals surface area contributed by atoms with Crippen molar-refractivity contribution in [3.8, 4) is 0 Å². The fourth-order valence-corrected chi connectivity index (χ4v) is 24.9. The molecule has 8 amide bonds. The van der Waals surface area contributed by atoms with E-state index >= 15 is 0 Å². The molecule has 8 aliphatic heterocycles. The highest BCUT2D eigenvalue weighted by atomic mass is 32.2. The number of nitrogens with zero attached hydrogens (tertiary/aromatic N) is 12. The number of carbonyl (C=O) groups excluding carboxylic acids is 8. The van der Waals surface area contributed by atoms with Crippen LogP contribution in [-0.4, -0.2) is 282 Å². The van der Waals surface area contributed by atoms with Gasteiger partial charge in [-0.25, -0.2) is 33.7 Å². The Balaban J connectivity index is 0.000000170. The van der Waals surface area contributed by atoms with Crippen molar-refractivity contribution in [3.05, 3.63) is 228 Å². The Morgan fingerprint density at radius 3 is 1.55 bits per heavy atom. The number of hydrogen-bond donors (Lipinski definition) is 12. The van der Waals surface area contributed by atoms with E-state index in [0.29, 0.717) is 75.9 Å². The number of nitrogens with two attached hydrogens (primary N) is 2. The molecule has 9 atom stereocenters. The molecule has 4 fully saturated rings. The van der Waals surface area contributed by atoms with Gasteiger partial charge in [0.05, 0.1) is 6.42 Å². The number of amides is 8. The summed E-state index contributed by atoms with van der Waals surface area (Å²) < 4.78 is 3.94. The number of thiazole rings is 2. The van der Waals surface area contributed by atoms with Crippen LogP contribution in [0.25, 0.3) is 0 Å². The fraction of sp³-hybridized carbons (Fsp3) is 0.417. The molecule has 756 valence electrons. The van der Waals surface area contributed by atoms with Crippen molar-refractivity contribution in [1.82, 2.24) is 71.3 Å². The van der Waals surface area contributed by atoms with Gasteiger partial charge in [-0.3, -0.25) is 68.2 Å². The van der Waals surface area contributed by atoms with Gasteiger partial charge in [-0.05, 0) is 96.0 Å². The Morgan fingerprint density at radius 1 is 0.563 bits per heavy atom. The Bertz CT molecular complexity index is 6020. The highest BCUT2D eigenvalue weighted by Gasteiger charge is 2.59. The number of fused-ring (bicyclic) bond motifs is 4. The molecule has 46 heteroatoms. The fourth-order valence-electron chi connectivity index (χ4n) is 16.3.